The lowest BCUT2D eigenvalue weighted by molar-refractivity contribution is 0.112. The van der Waals surface area contributed by atoms with E-state index in [9.17, 15) is 4.79 Å². The fourth-order valence-corrected chi connectivity index (χ4v) is 3.56. The van der Waals surface area contributed by atoms with Crippen LogP contribution in [0.1, 0.15) is 9.67 Å². The molecular weight excluding hydrogens is 280 g/mol. The topological polar surface area (TPSA) is 55.0 Å². The Hall–Kier alpha value is -1.79. The molecule has 0 saturated heterocycles. The number of aldehydes is 1. The Morgan fingerprint density at radius 2 is 2.26 bits per heavy atom. The highest BCUT2D eigenvalue weighted by Crippen LogP contribution is 2.32. The van der Waals surface area contributed by atoms with E-state index in [4.69, 9.17) is 4.74 Å². The van der Waals surface area contributed by atoms with Crippen molar-refractivity contribution in [2.75, 3.05) is 7.11 Å². The van der Waals surface area contributed by atoms with Gasteiger partial charge in [-0.1, -0.05) is 0 Å². The molecule has 0 aliphatic heterocycles. The fraction of sp³-hybridized carbons (Fsp3) is 0.0769. The summed E-state index contributed by atoms with van der Waals surface area (Å²) in [5.41, 5.74) is 1.84. The number of nitrogens with one attached hydrogen (secondary N) is 1. The number of H-pyrrole nitrogens is 1. The fourth-order valence-electron chi connectivity index (χ4n) is 1.69. The third-order valence-corrected chi connectivity index (χ3v) is 4.61. The molecule has 0 saturated carbocycles. The van der Waals surface area contributed by atoms with E-state index in [0.717, 1.165) is 37.3 Å². The Labute approximate surface area is 117 Å². The van der Waals surface area contributed by atoms with Gasteiger partial charge in [-0.25, -0.2) is 4.98 Å². The number of nitrogens with zero attached hydrogens (tertiary/aromatic N) is 1. The second kappa shape index (κ2) is 5.07. The van der Waals surface area contributed by atoms with Gasteiger partial charge in [0.1, 0.15) is 5.75 Å². The molecule has 0 amide bonds. The number of imidazole rings is 1. The number of rotatable bonds is 4. The van der Waals surface area contributed by atoms with Crippen molar-refractivity contribution >= 4 is 40.4 Å². The minimum Gasteiger partial charge on any atom is -0.497 e. The number of hydrogen-bond acceptors (Lipinski definition) is 5. The molecule has 0 radical (unpaired) electrons. The van der Waals surface area contributed by atoms with Crippen molar-refractivity contribution < 1.29 is 9.53 Å². The van der Waals surface area contributed by atoms with E-state index in [1.54, 1.807) is 7.11 Å². The van der Waals surface area contributed by atoms with Crippen LogP contribution < -0.4 is 4.74 Å². The maximum atomic E-state index is 10.6. The smallest absolute Gasteiger partial charge is 0.172 e. The highest BCUT2D eigenvalue weighted by molar-refractivity contribution is 8.01. The Balaban J connectivity index is 1.90. The summed E-state index contributed by atoms with van der Waals surface area (Å²) in [5.74, 6) is 0.798. The quantitative estimate of drug-likeness (QED) is 0.746. The van der Waals surface area contributed by atoms with Gasteiger partial charge >= 0.3 is 0 Å². The van der Waals surface area contributed by atoms with Crippen molar-refractivity contribution in [3.05, 3.63) is 35.2 Å². The van der Waals surface area contributed by atoms with Crippen molar-refractivity contribution in [3.63, 3.8) is 0 Å². The Morgan fingerprint density at radius 3 is 3.00 bits per heavy atom. The number of carbonyl (C=O) groups excluding carboxylic acids is 1. The minimum absolute atomic E-state index is 0.722. The van der Waals surface area contributed by atoms with Crippen LogP contribution in [0.15, 0.2) is 39.7 Å². The number of benzene rings is 1. The highest BCUT2D eigenvalue weighted by Gasteiger charge is 2.07. The Kier molecular flexibility index (Phi) is 3.27. The number of aromatic nitrogens is 2. The van der Waals surface area contributed by atoms with Gasteiger partial charge in [0.15, 0.2) is 11.4 Å². The lowest BCUT2D eigenvalue weighted by Gasteiger charge is -1.96. The summed E-state index contributed by atoms with van der Waals surface area (Å²) in [7, 11) is 1.64. The SMILES string of the molecule is COc1ccc2nc(Sc3ccc(C=O)s3)[nH]c2c1. The van der Waals surface area contributed by atoms with E-state index >= 15 is 0 Å². The monoisotopic (exact) mass is 290 g/mol. The highest BCUT2D eigenvalue weighted by atomic mass is 32.2. The zero-order valence-electron chi connectivity index (χ0n) is 10.0. The second-order valence-electron chi connectivity index (χ2n) is 3.80. The number of thiophene rings is 1. The van der Waals surface area contributed by atoms with Crippen molar-refractivity contribution in [2.45, 2.75) is 9.37 Å². The first-order chi connectivity index (χ1) is 9.28. The number of ether oxygens (including phenoxy) is 1. The summed E-state index contributed by atoms with van der Waals surface area (Å²) < 4.78 is 6.21. The molecule has 0 aliphatic carbocycles. The van der Waals surface area contributed by atoms with Crippen molar-refractivity contribution in [1.82, 2.24) is 9.97 Å². The third kappa shape index (κ3) is 2.50. The van der Waals surface area contributed by atoms with Crippen LogP contribution in [-0.2, 0) is 0 Å². The number of methoxy groups -OCH3 is 1. The van der Waals surface area contributed by atoms with Crippen LogP contribution in [0.3, 0.4) is 0 Å². The van der Waals surface area contributed by atoms with Crippen molar-refractivity contribution in [3.8, 4) is 5.75 Å². The minimum atomic E-state index is 0.722. The van der Waals surface area contributed by atoms with Gasteiger partial charge < -0.3 is 9.72 Å². The molecule has 4 nitrogen and oxygen atoms in total. The first-order valence-corrected chi connectivity index (χ1v) is 7.18. The van der Waals surface area contributed by atoms with Crippen molar-refractivity contribution in [1.29, 1.82) is 0 Å². The molecule has 2 heterocycles. The number of aromatic amines is 1. The molecular formula is C13H10N2O2S2. The molecule has 1 aromatic carbocycles. The first-order valence-electron chi connectivity index (χ1n) is 5.55. The van der Waals surface area contributed by atoms with Crippen LogP contribution in [0.5, 0.6) is 5.75 Å². The molecule has 96 valence electrons. The first kappa shape index (κ1) is 12.3. The van der Waals surface area contributed by atoms with Gasteiger partial charge in [-0.15, -0.1) is 11.3 Å². The summed E-state index contributed by atoms with van der Waals surface area (Å²) >= 11 is 2.97. The van der Waals surface area contributed by atoms with Gasteiger partial charge in [0.25, 0.3) is 0 Å². The summed E-state index contributed by atoms with van der Waals surface area (Å²) in [6.45, 7) is 0. The summed E-state index contributed by atoms with van der Waals surface area (Å²) in [6, 6.07) is 9.45. The summed E-state index contributed by atoms with van der Waals surface area (Å²) in [5, 5.41) is 0.808. The Morgan fingerprint density at radius 1 is 1.37 bits per heavy atom. The number of fused-ring (bicyclic) bond motifs is 1. The van der Waals surface area contributed by atoms with E-state index in [2.05, 4.69) is 9.97 Å². The molecule has 6 heteroatoms. The molecule has 0 spiro atoms. The average Bonchev–Trinajstić information content (AvgIpc) is 3.03. The standard InChI is InChI=1S/C13H10N2O2S2/c1-17-8-2-4-10-11(6-8)15-13(14-10)19-12-5-3-9(7-16)18-12/h2-7H,1H3,(H,14,15). The van der Waals surface area contributed by atoms with Gasteiger partial charge in [0.05, 0.1) is 27.2 Å². The zero-order chi connectivity index (χ0) is 13.2. The van der Waals surface area contributed by atoms with E-state index in [1.807, 2.05) is 30.3 Å². The number of hydrogen-bond donors (Lipinski definition) is 1. The maximum absolute atomic E-state index is 10.6. The predicted molar refractivity (Wildman–Crippen MR) is 76.5 cm³/mol. The van der Waals surface area contributed by atoms with Crippen LogP contribution in [0, 0.1) is 0 Å². The largest absolute Gasteiger partial charge is 0.497 e. The number of carbonyl (C=O) groups is 1. The third-order valence-electron chi connectivity index (χ3n) is 2.58. The second-order valence-corrected chi connectivity index (χ2v) is 6.21. The van der Waals surface area contributed by atoms with E-state index < -0.39 is 0 Å². The molecule has 1 N–H and O–H groups in total. The summed E-state index contributed by atoms with van der Waals surface area (Å²) in [6.07, 6.45) is 0.859. The molecule has 0 unspecified atom stereocenters. The molecule has 0 atom stereocenters. The van der Waals surface area contributed by atoms with Gasteiger partial charge in [-0.3, -0.25) is 4.79 Å². The van der Waals surface area contributed by atoms with Crippen LogP contribution in [0.25, 0.3) is 11.0 Å². The van der Waals surface area contributed by atoms with Crippen LogP contribution in [-0.4, -0.2) is 23.4 Å². The average molecular weight is 290 g/mol. The maximum Gasteiger partial charge on any atom is 0.172 e. The molecule has 3 rings (SSSR count). The molecule has 0 fully saturated rings. The van der Waals surface area contributed by atoms with Gasteiger partial charge in [-0.2, -0.15) is 0 Å². The normalized spacial score (nSPS) is 10.8. The molecule has 0 bridgehead atoms. The predicted octanol–water partition coefficient (Wildman–Crippen LogP) is 3.60. The lowest BCUT2D eigenvalue weighted by Crippen LogP contribution is -1.81. The van der Waals surface area contributed by atoms with Crippen molar-refractivity contribution in [2.24, 2.45) is 0 Å². The molecule has 2 aromatic heterocycles. The van der Waals surface area contributed by atoms with E-state index in [0.29, 0.717) is 0 Å². The molecule has 0 aliphatic rings. The zero-order valence-corrected chi connectivity index (χ0v) is 11.7. The van der Waals surface area contributed by atoms with Crippen LogP contribution in [0.4, 0.5) is 0 Å². The van der Waals surface area contributed by atoms with Crippen LogP contribution in [0.2, 0.25) is 0 Å². The molecule has 3 aromatic rings. The van der Waals surface area contributed by atoms with Gasteiger partial charge in [0.2, 0.25) is 0 Å². The van der Waals surface area contributed by atoms with Crippen LogP contribution >= 0.6 is 23.1 Å². The molecule has 19 heavy (non-hydrogen) atoms. The Bertz CT molecular complexity index is 733. The van der Waals surface area contributed by atoms with Gasteiger partial charge in [0, 0.05) is 6.07 Å². The lowest BCUT2D eigenvalue weighted by atomic mass is 10.3. The van der Waals surface area contributed by atoms with E-state index in [1.165, 1.54) is 23.1 Å². The van der Waals surface area contributed by atoms with E-state index in [-0.39, 0.29) is 0 Å². The summed E-state index contributed by atoms with van der Waals surface area (Å²) in [4.78, 5) is 19.1. The van der Waals surface area contributed by atoms with Gasteiger partial charge in [-0.05, 0) is 36.0 Å².